The van der Waals surface area contributed by atoms with Gasteiger partial charge in [-0.25, -0.2) is 0 Å². The fourth-order valence-corrected chi connectivity index (χ4v) is 2.06. The molecule has 0 amide bonds. The van der Waals surface area contributed by atoms with Gasteiger partial charge in [-0.15, -0.1) is 12.8 Å². The minimum Gasteiger partial charge on any atom is -0.398 e. The zero-order chi connectivity index (χ0) is 12.8. The van der Waals surface area contributed by atoms with Crippen LogP contribution in [0.5, 0.6) is 0 Å². The van der Waals surface area contributed by atoms with Gasteiger partial charge in [0, 0.05) is 17.5 Å². The van der Waals surface area contributed by atoms with E-state index in [-0.39, 0.29) is 11.8 Å². The molecule has 0 bridgehead atoms. The Morgan fingerprint density at radius 3 is 1.76 bits per heavy atom. The molecule has 0 saturated heterocycles. The number of nitrogen functional groups attached to an aromatic ring is 1. The summed E-state index contributed by atoms with van der Waals surface area (Å²) in [4.78, 5) is 0. The van der Waals surface area contributed by atoms with Crippen LogP contribution < -0.4 is 5.73 Å². The number of benzene rings is 1. The first-order valence-electron chi connectivity index (χ1n) is 6.00. The summed E-state index contributed by atoms with van der Waals surface area (Å²) in [5.74, 6) is 5.71. The van der Waals surface area contributed by atoms with E-state index < -0.39 is 0 Å². The maximum atomic E-state index is 6.20. The fourth-order valence-electron chi connectivity index (χ4n) is 2.06. The van der Waals surface area contributed by atoms with Gasteiger partial charge in [-0.3, -0.25) is 0 Å². The van der Waals surface area contributed by atoms with E-state index in [9.17, 15) is 0 Å². The van der Waals surface area contributed by atoms with E-state index in [4.69, 9.17) is 18.6 Å². The number of hydrogen-bond acceptors (Lipinski definition) is 1. The lowest BCUT2D eigenvalue weighted by molar-refractivity contribution is 0.810. The summed E-state index contributed by atoms with van der Waals surface area (Å²) in [5.41, 5.74) is 9.02. The lowest BCUT2D eigenvalue weighted by atomic mass is 9.88. The molecule has 1 aromatic rings. The molecule has 1 aromatic carbocycles. The molecule has 88 valence electrons. The molecule has 0 aliphatic rings. The van der Waals surface area contributed by atoms with Crippen molar-refractivity contribution in [2.24, 2.45) is 0 Å². The number of terminal acetylenes is 2. The van der Waals surface area contributed by atoms with Gasteiger partial charge in [-0.2, -0.15) is 0 Å². The maximum Gasteiger partial charge on any atom is 0.0467 e. The average molecular weight is 225 g/mol. The second-order valence-corrected chi connectivity index (χ2v) is 4.11. The Kier molecular flexibility index (Phi) is 4.68. The van der Waals surface area contributed by atoms with Crippen LogP contribution in [0.15, 0.2) is 18.2 Å². The van der Waals surface area contributed by atoms with Crippen LogP contribution in [0.2, 0.25) is 0 Å². The molecular weight excluding hydrogens is 206 g/mol. The van der Waals surface area contributed by atoms with Crippen LogP contribution in [0.25, 0.3) is 0 Å². The fraction of sp³-hybridized carbons (Fsp3) is 0.375. The minimum atomic E-state index is 0.0743. The topological polar surface area (TPSA) is 26.0 Å². The molecule has 1 nitrogen and oxygen atoms in total. The van der Waals surface area contributed by atoms with E-state index in [1.807, 2.05) is 18.2 Å². The van der Waals surface area contributed by atoms with Crippen molar-refractivity contribution in [1.82, 2.24) is 0 Å². The number of anilines is 1. The highest BCUT2D eigenvalue weighted by molar-refractivity contribution is 5.59. The highest BCUT2D eigenvalue weighted by Gasteiger charge is 2.15. The van der Waals surface area contributed by atoms with Gasteiger partial charge in [0.15, 0.2) is 0 Å². The Hall–Kier alpha value is -1.86. The molecular formula is C16H19N. The predicted octanol–water partition coefficient (Wildman–Crippen LogP) is 3.52. The largest absolute Gasteiger partial charge is 0.398 e. The Labute approximate surface area is 104 Å². The van der Waals surface area contributed by atoms with Gasteiger partial charge in [0.1, 0.15) is 0 Å². The zero-order valence-corrected chi connectivity index (χ0v) is 10.5. The van der Waals surface area contributed by atoms with Crippen molar-refractivity contribution >= 4 is 5.69 Å². The summed E-state index contributed by atoms with van der Waals surface area (Å²) in [6, 6.07) is 5.98. The van der Waals surface area contributed by atoms with Gasteiger partial charge in [0.2, 0.25) is 0 Å². The van der Waals surface area contributed by atoms with Gasteiger partial charge < -0.3 is 5.73 Å². The summed E-state index contributed by atoms with van der Waals surface area (Å²) in [5, 5.41) is 0. The SMILES string of the molecule is C#CC(CC)c1cccc(C(C#C)CC)c1N. The van der Waals surface area contributed by atoms with Crippen molar-refractivity contribution in [3.63, 3.8) is 0 Å². The van der Waals surface area contributed by atoms with Crippen LogP contribution in [0.3, 0.4) is 0 Å². The highest BCUT2D eigenvalue weighted by atomic mass is 14.6. The van der Waals surface area contributed by atoms with Crippen LogP contribution in [0.1, 0.15) is 49.7 Å². The number of para-hydroxylation sites is 1. The third-order valence-electron chi connectivity index (χ3n) is 3.14. The molecule has 1 heteroatoms. The third kappa shape index (κ3) is 2.63. The summed E-state index contributed by atoms with van der Waals surface area (Å²) >= 11 is 0. The van der Waals surface area contributed by atoms with Crippen molar-refractivity contribution < 1.29 is 0 Å². The smallest absolute Gasteiger partial charge is 0.0467 e. The van der Waals surface area contributed by atoms with Crippen molar-refractivity contribution in [3.05, 3.63) is 29.3 Å². The first kappa shape index (κ1) is 13.2. The molecule has 0 aliphatic carbocycles. The third-order valence-corrected chi connectivity index (χ3v) is 3.14. The summed E-state index contributed by atoms with van der Waals surface area (Å²) in [6.07, 6.45) is 12.8. The summed E-state index contributed by atoms with van der Waals surface area (Å²) in [6.45, 7) is 4.13. The van der Waals surface area contributed by atoms with Gasteiger partial charge in [-0.05, 0) is 24.0 Å². The van der Waals surface area contributed by atoms with E-state index in [1.165, 1.54) is 0 Å². The monoisotopic (exact) mass is 225 g/mol. The van der Waals surface area contributed by atoms with E-state index in [0.717, 1.165) is 29.7 Å². The lowest BCUT2D eigenvalue weighted by Crippen LogP contribution is -2.06. The van der Waals surface area contributed by atoms with Crippen LogP contribution in [-0.2, 0) is 0 Å². The van der Waals surface area contributed by atoms with Gasteiger partial charge in [-0.1, -0.05) is 43.9 Å². The Balaban J connectivity index is 3.26. The van der Waals surface area contributed by atoms with Gasteiger partial charge in [0.05, 0.1) is 0 Å². The van der Waals surface area contributed by atoms with Crippen molar-refractivity contribution in [2.75, 3.05) is 5.73 Å². The van der Waals surface area contributed by atoms with E-state index >= 15 is 0 Å². The Morgan fingerprint density at radius 1 is 1.06 bits per heavy atom. The van der Waals surface area contributed by atoms with Crippen LogP contribution in [0.4, 0.5) is 5.69 Å². The quantitative estimate of drug-likeness (QED) is 0.615. The molecule has 17 heavy (non-hydrogen) atoms. The zero-order valence-electron chi connectivity index (χ0n) is 10.5. The summed E-state index contributed by atoms with van der Waals surface area (Å²) in [7, 11) is 0. The van der Waals surface area contributed by atoms with Crippen molar-refractivity contribution in [2.45, 2.75) is 38.5 Å². The first-order chi connectivity index (χ1) is 8.19. The normalized spacial score (nSPS) is 13.4. The maximum absolute atomic E-state index is 6.20. The molecule has 0 heterocycles. The van der Waals surface area contributed by atoms with Gasteiger partial charge in [0.25, 0.3) is 0 Å². The molecule has 2 atom stereocenters. The molecule has 0 aliphatic heterocycles. The molecule has 0 spiro atoms. The molecule has 0 fully saturated rings. The molecule has 2 unspecified atom stereocenters. The average Bonchev–Trinajstić information content (AvgIpc) is 2.36. The number of rotatable bonds is 4. The van der Waals surface area contributed by atoms with Crippen LogP contribution in [0, 0.1) is 24.7 Å². The number of nitrogens with two attached hydrogens (primary N) is 1. The molecule has 0 aromatic heterocycles. The van der Waals surface area contributed by atoms with Crippen LogP contribution >= 0.6 is 0 Å². The van der Waals surface area contributed by atoms with E-state index in [1.54, 1.807) is 0 Å². The van der Waals surface area contributed by atoms with Crippen molar-refractivity contribution in [1.29, 1.82) is 0 Å². The predicted molar refractivity (Wildman–Crippen MR) is 74.6 cm³/mol. The van der Waals surface area contributed by atoms with E-state index in [2.05, 4.69) is 25.7 Å². The summed E-state index contributed by atoms with van der Waals surface area (Å²) < 4.78 is 0. The lowest BCUT2D eigenvalue weighted by Gasteiger charge is -2.17. The number of hydrogen-bond donors (Lipinski definition) is 1. The second kappa shape index (κ2) is 6.02. The van der Waals surface area contributed by atoms with Crippen molar-refractivity contribution in [3.8, 4) is 24.7 Å². The van der Waals surface area contributed by atoms with Crippen LogP contribution in [-0.4, -0.2) is 0 Å². The minimum absolute atomic E-state index is 0.0743. The first-order valence-corrected chi connectivity index (χ1v) is 6.00. The van der Waals surface area contributed by atoms with E-state index in [0.29, 0.717) is 0 Å². The molecule has 2 N–H and O–H groups in total. The Bertz CT molecular complexity index is 419. The highest BCUT2D eigenvalue weighted by Crippen LogP contribution is 2.32. The molecule has 0 radical (unpaired) electrons. The van der Waals surface area contributed by atoms with Gasteiger partial charge >= 0.3 is 0 Å². The molecule has 1 rings (SSSR count). The standard InChI is InChI=1S/C16H19N/c1-5-12(6-2)14-10-9-11-15(16(14)17)13(7-3)8-4/h1,3,9-13H,6,8,17H2,2,4H3. The second-order valence-electron chi connectivity index (χ2n) is 4.11. The Morgan fingerprint density at radius 2 is 1.47 bits per heavy atom. The molecule has 0 saturated carbocycles.